The van der Waals surface area contributed by atoms with Crippen LogP contribution in [-0.4, -0.2) is 23.0 Å². The summed E-state index contributed by atoms with van der Waals surface area (Å²) in [5, 5.41) is 2.62. The lowest BCUT2D eigenvalue weighted by atomic mass is 10.2. The molecule has 1 nitrogen and oxygen atoms in total. The van der Waals surface area contributed by atoms with Crippen molar-refractivity contribution in [3.8, 4) is 11.5 Å². The SMILES string of the molecule is CC(C)(C)[Si](OC/C=C/C=C\C#C[Si](C)(C)C)(c1ccccc1)c1ccccc1. The Balaban J connectivity index is 2.29. The van der Waals surface area contributed by atoms with Crippen molar-refractivity contribution >= 4 is 26.8 Å². The van der Waals surface area contributed by atoms with Crippen molar-refractivity contribution in [2.75, 3.05) is 6.61 Å². The van der Waals surface area contributed by atoms with E-state index in [1.165, 1.54) is 10.4 Å². The number of benzene rings is 2. The number of allylic oxidation sites excluding steroid dienone is 3. The molecule has 29 heavy (non-hydrogen) atoms. The smallest absolute Gasteiger partial charge is 0.261 e. The topological polar surface area (TPSA) is 9.23 Å². The molecule has 0 spiro atoms. The molecule has 0 atom stereocenters. The summed E-state index contributed by atoms with van der Waals surface area (Å²) in [6.45, 7) is 14.2. The van der Waals surface area contributed by atoms with Crippen LogP contribution in [0.4, 0.5) is 0 Å². The Morgan fingerprint density at radius 3 is 1.79 bits per heavy atom. The largest absolute Gasteiger partial charge is 0.404 e. The molecule has 2 aromatic rings. The fourth-order valence-electron chi connectivity index (χ4n) is 3.43. The van der Waals surface area contributed by atoms with Crippen LogP contribution in [0.1, 0.15) is 20.8 Å². The van der Waals surface area contributed by atoms with Gasteiger partial charge in [0.2, 0.25) is 0 Å². The molecule has 0 N–H and O–H groups in total. The summed E-state index contributed by atoms with van der Waals surface area (Å²) < 4.78 is 6.82. The van der Waals surface area contributed by atoms with E-state index in [0.717, 1.165) is 0 Å². The van der Waals surface area contributed by atoms with Gasteiger partial charge in [0.1, 0.15) is 8.07 Å². The second kappa shape index (κ2) is 10.1. The maximum Gasteiger partial charge on any atom is 0.261 e. The van der Waals surface area contributed by atoms with E-state index in [9.17, 15) is 0 Å². The van der Waals surface area contributed by atoms with Gasteiger partial charge in [-0.05, 0) is 21.5 Å². The van der Waals surface area contributed by atoms with Gasteiger partial charge in [0, 0.05) is 0 Å². The van der Waals surface area contributed by atoms with Crippen LogP contribution in [0.15, 0.2) is 85.0 Å². The van der Waals surface area contributed by atoms with Crippen molar-refractivity contribution in [3.63, 3.8) is 0 Å². The summed E-state index contributed by atoms with van der Waals surface area (Å²) >= 11 is 0. The van der Waals surface area contributed by atoms with Gasteiger partial charge >= 0.3 is 0 Å². The van der Waals surface area contributed by atoms with Gasteiger partial charge in [-0.3, -0.25) is 0 Å². The van der Waals surface area contributed by atoms with E-state index in [0.29, 0.717) is 6.61 Å². The minimum atomic E-state index is -2.45. The first-order chi connectivity index (χ1) is 13.7. The zero-order chi connectivity index (χ0) is 21.4. The van der Waals surface area contributed by atoms with E-state index in [-0.39, 0.29) is 5.04 Å². The van der Waals surface area contributed by atoms with E-state index in [1.54, 1.807) is 0 Å². The Morgan fingerprint density at radius 2 is 1.34 bits per heavy atom. The maximum atomic E-state index is 6.82. The lowest BCUT2D eigenvalue weighted by Gasteiger charge is -2.42. The number of rotatable bonds is 6. The third-order valence-corrected chi connectivity index (χ3v) is 10.6. The van der Waals surface area contributed by atoms with E-state index >= 15 is 0 Å². The molecule has 0 aliphatic carbocycles. The van der Waals surface area contributed by atoms with Crippen LogP contribution in [0.3, 0.4) is 0 Å². The molecular formula is C26H34OSi2. The van der Waals surface area contributed by atoms with Crippen molar-refractivity contribution in [1.29, 1.82) is 0 Å². The van der Waals surface area contributed by atoms with Crippen molar-refractivity contribution in [3.05, 3.63) is 85.0 Å². The summed E-state index contributed by atoms with van der Waals surface area (Å²) in [5.41, 5.74) is 3.34. The second-order valence-corrected chi connectivity index (χ2v) is 18.3. The summed E-state index contributed by atoms with van der Waals surface area (Å²) in [7, 11) is -3.76. The van der Waals surface area contributed by atoms with Gasteiger partial charge in [0.05, 0.1) is 6.61 Å². The van der Waals surface area contributed by atoms with Crippen LogP contribution < -0.4 is 10.4 Å². The van der Waals surface area contributed by atoms with Crippen LogP contribution in [0.5, 0.6) is 0 Å². The fraction of sp³-hybridized carbons (Fsp3) is 0.308. The van der Waals surface area contributed by atoms with Crippen molar-refractivity contribution < 1.29 is 4.43 Å². The Labute approximate surface area is 179 Å². The van der Waals surface area contributed by atoms with Gasteiger partial charge in [0.25, 0.3) is 8.32 Å². The molecule has 0 saturated heterocycles. The lowest BCUT2D eigenvalue weighted by Crippen LogP contribution is -2.66. The predicted molar refractivity (Wildman–Crippen MR) is 133 cm³/mol. The van der Waals surface area contributed by atoms with Gasteiger partial charge in [-0.15, -0.1) is 5.54 Å². The van der Waals surface area contributed by atoms with Gasteiger partial charge in [-0.2, -0.15) is 0 Å². The zero-order valence-electron chi connectivity index (χ0n) is 18.7. The lowest BCUT2D eigenvalue weighted by molar-refractivity contribution is 0.339. The maximum absolute atomic E-state index is 6.82. The quantitative estimate of drug-likeness (QED) is 0.339. The first-order valence-corrected chi connectivity index (χ1v) is 15.7. The molecule has 0 amide bonds. The Kier molecular flexibility index (Phi) is 8.04. The third kappa shape index (κ3) is 6.43. The number of hydrogen-bond donors (Lipinski definition) is 0. The minimum Gasteiger partial charge on any atom is -0.404 e. The molecule has 0 bridgehead atoms. The Bertz CT molecular complexity index is 834. The van der Waals surface area contributed by atoms with Crippen molar-refractivity contribution in [2.45, 2.75) is 45.5 Å². The molecule has 3 heteroatoms. The molecule has 0 aliphatic rings. The highest BCUT2D eigenvalue weighted by Crippen LogP contribution is 2.36. The summed E-state index contributed by atoms with van der Waals surface area (Å²) in [5.74, 6) is 3.16. The molecule has 152 valence electrons. The molecule has 0 heterocycles. The van der Waals surface area contributed by atoms with Crippen molar-refractivity contribution in [1.82, 2.24) is 0 Å². The molecular weight excluding hydrogens is 384 g/mol. The zero-order valence-corrected chi connectivity index (χ0v) is 20.7. The third-order valence-electron chi connectivity index (χ3n) is 4.69. The highest BCUT2D eigenvalue weighted by atomic mass is 28.4. The standard InChI is InChI=1S/C26H34OSi2/c1-26(2,3)29(24-18-12-10-13-19-24,25-20-14-11-15-21-25)27-22-16-8-7-9-17-23-28(4,5)6/h7-16,18-21H,22H2,1-6H3/b9-7-,16-8+. The van der Waals surface area contributed by atoms with E-state index in [2.05, 4.69) is 119 Å². The van der Waals surface area contributed by atoms with E-state index in [1.807, 2.05) is 18.2 Å². The second-order valence-electron chi connectivity index (χ2n) is 9.28. The molecule has 0 fully saturated rings. The number of hydrogen-bond acceptors (Lipinski definition) is 1. The molecule has 0 saturated carbocycles. The Hall–Kier alpha value is -2.13. The average Bonchev–Trinajstić information content (AvgIpc) is 2.66. The summed E-state index contributed by atoms with van der Waals surface area (Å²) in [4.78, 5) is 0. The normalized spacial score (nSPS) is 12.9. The predicted octanol–water partition coefficient (Wildman–Crippen LogP) is 5.56. The van der Waals surface area contributed by atoms with Crippen LogP contribution in [-0.2, 0) is 4.43 Å². The van der Waals surface area contributed by atoms with E-state index < -0.39 is 16.4 Å². The van der Waals surface area contributed by atoms with Gasteiger partial charge in [-0.25, -0.2) is 0 Å². The van der Waals surface area contributed by atoms with E-state index in [4.69, 9.17) is 4.43 Å². The fourth-order valence-corrected chi connectivity index (χ4v) is 8.45. The average molecular weight is 419 g/mol. The Morgan fingerprint density at radius 1 is 0.828 bits per heavy atom. The highest BCUT2D eigenvalue weighted by Gasteiger charge is 2.49. The van der Waals surface area contributed by atoms with Crippen molar-refractivity contribution in [2.24, 2.45) is 0 Å². The molecule has 2 rings (SSSR count). The monoisotopic (exact) mass is 418 g/mol. The molecule has 0 radical (unpaired) electrons. The first-order valence-electron chi connectivity index (χ1n) is 10.3. The van der Waals surface area contributed by atoms with Gasteiger partial charge in [0.15, 0.2) is 0 Å². The molecule has 0 aromatic heterocycles. The molecule has 0 unspecified atom stereocenters. The van der Waals surface area contributed by atoms with Crippen LogP contribution in [0.25, 0.3) is 0 Å². The van der Waals surface area contributed by atoms with Crippen LogP contribution in [0, 0.1) is 11.5 Å². The summed E-state index contributed by atoms with van der Waals surface area (Å²) in [6.07, 6.45) is 8.06. The highest BCUT2D eigenvalue weighted by molar-refractivity contribution is 6.99. The minimum absolute atomic E-state index is 0.00218. The van der Waals surface area contributed by atoms with Gasteiger partial charge < -0.3 is 4.43 Å². The van der Waals surface area contributed by atoms with Crippen LogP contribution in [0.2, 0.25) is 24.7 Å². The first kappa shape index (κ1) is 23.2. The van der Waals surface area contributed by atoms with Crippen LogP contribution >= 0.6 is 0 Å². The molecule has 2 aromatic carbocycles. The van der Waals surface area contributed by atoms with Gasteiger partial charge in [-0.1, -0.05) is 125 Å². The summed E-state index contributed by atoms with van der Waals surface area (Å²) in [6, 6.07) is 21.5. The molecule has 0 aliphatic heterocycles.